The van der Waals surface area contributed by atoms with E-state index in [4.69, 9.17) is 11.5 Å². The molecule has 19 heavy (non-hydrogen) atoms. The first-order chi connectivity index (χ1) is 9.02. The molecule has 0 aliphatic carbocycles. The van der Waals surface area contributed by atoms with Crippen molar-refractivity contribution in [1.82, 2.24) is 4.90 Å². The number of rotatable bonds is 7. The van der Waals surface area contributed by atoms with Crippen molar-refractivity contribution in [2.24, 2.45) is 23.3 Å². The molecule has 2 amide bonds. The van der Waals surface area contributed by atoms with Gasteiger partial charge >= 0.3 is 0 Å². The minimum atomic E-state index is -0.236. The van der Waals surface area contributed by atoms with Crippen LogP contribution in [0.5, 0.6) is 0 Å². The molecular formula is C14H27N3O2. The van der Waals surface area contributed by atoms with E-state index in [1.807, 2.05) is 4.90 Å². The molecule has 1 unspecified atom stereocenters. The summed E-state index contributed by atoms with van der Waals surface area (Å²) >= 11 is 0. The Morgan fingerprint density at radius 3 is 2.42 bits per heavy atom. The molecule has 4 N–H and O–H groups in total. The molecule has 1 atom stereocenters. The molecular weight excluding hydrogens is 242 g/mol. The van der Waals surface area contributed by atoms with Crippen molar-refractivity contribution < 1.29 is 9.59 Å². The Morgan fingerprint density at radius 2 is 1.89 bits per heavy atom. The van der Waals surface area contributed by atoms with Gasteiger partial charge in [-0.1, -0.05) is 6.92 Å². The zero-order valence-electron chi connectivity index (χ0n) is 11.9. The van der Waals surface area contributed by atoms with E-state index in [-0.39, 0.29) is 11.8 Å². The largest absolute Gasteiger partial charge is 0.370 e. The van der Waals surface area contributed by atoms with Gasteiger partial charge in [0, 0.05) is 25.9 Å². The third-order valence-electron chi connectivity index (χ3n) is 3.97. The minimum absolute atomic E-state index is 0.236. The first-order valence-electron chi connectivity index (χ1n) is 7.29. The SMILES string of the molecule is CC(CCN)CCC(=O)N1CCC(CC(N)=O)CC1. The third-order valence-corrected chi connectivity index (χ3v) is 3.97. The van der Waals surface area contributed by atoms with E-state index in [9.17, 15) is 9.59 Å². The average molecular weight is 269 g/mol. The molecule has 1 saturated heterocycles. The Hall–Kier alpha value is -1.10. The normalized spacial score (nSPS) is 18.3. The van der Waals surface area contributed by atoms with Gasteiger partial charge < -0.3 is 16.4 Å². The van der Waals surface area contributed by atoms with Gasteiger partial charge in [0.15, 0.2) is 0 Å². The number of hydrogen-bond acceptors (Lipinski definition) is 3. The van der Waals surface area contributed by atoms with Crippen molar-refractivity contribution in [2.45, 2.75) is 45.4 Å². The zero-order valence-corrected chi connectivity index (χ0v) is 11.9. The highest BCUT2D eigenvalue weighted by Gasteiger charge is 2.23. The molecule has 5 nitrogen and oxygen atoms in total. The maximum atomic E-state index is 12.0. The van der Waals surface area contributed by atoms with Crippen LogP contribution in [-0.4, -0.2) is 36.3 Å². The molecule has 0 spiro atoms. The number of amides is 2. The third kappa shape index (κ3) is 6.05. The van der Waals surface area contributed by atoms with Crippen LogP contribution in [0, 0.1) is 11.8 Å². The van der Waals surface area contributed by atoms with Crippen LogP contribution in [0.4, 0.5) is 0 Å². The molecule has 0 aromatic heterocycles. The molecule has 1 aliphatic heterocycles. The summed E-state index contributed by atoms with van der Waals surface area (Å²) in [5, 5.41) is 0. The lowest BCUT2D eigenvalue weighted by atomic mass is 9.93. The van der Waals surface area contributed by atoms with Gasteiger partial charge in [-0.3, -0.25) is 9.59 Å². The Kier molecular flexibility index (Phi) is 6.84. The summed E-state index contributed by atoms with van der Waals surface area (Å²) in [6.45, 7) is 4.36. The Morgan fingerprint density at radius 1 is 1.26 bits per heavy atom. The predicted octanol–water partition coefficient (Wildman–Crippen LogP) is 0.866. The Bertz CT molecular complexity index is 299. The van der Waals surface area contributed by atoms with Crippen LogP contribution in [0.3, 0.4) is 0 Å². The number of likely N-dealkylation sites (tertiary alicyclic amines) is 1. The maximum Gasteiger partial charge on any atom is 0.222 e. The number of nitrogens with zero attached hydrogens (tertiary/aromatic N) is 1. The first-order valence-corrected chi connectivity index (χ1v) is 7.29. The van der Waals surface area contributed by atoms with Gasteiger partial charge in [0.05, 0.1) is 0 Å². The van der Waals surface area contributed by atoms with Crippen molar-refractivity contribution in [1.29, 1.82) is 0 Å². The summed E-state index contributed by atoms with van der Waals surface area (Å²) < 4.78 is 0. The van der Waals surface area contributed by atoms with E-state index in [0.29, 0.717) is 31.2 Å². The lowest BCUT2D eigenvalue weighted by Gasteiger charge is -2.31. The van der Waals surface area contributed by atoms with Gasteiger partial charge in [0.1, 0.15) is 0 Å². The fraction of sp³-hybridized carbons (Fsp3) is 0.857. The van der Waals surface area contributed by atoms with E-state index in [1.54, 1.807) is 0 Å². The molecule has 110 valence electrons. The summed E-state index contributed by atoms with van der Waals surface area (Å²) in [5.41, 5.74) is 10.7. The fourth-order valence-electron chi connectivity index (χ4n) is 2.63. The smallest absolute Gasteiger partial charge is 0.222 e. The van der Waals surface area contributed by atoms with Crippen LogP contribution < -0.4 is 11.5 Å². The molecule has 0 saturated carbocycles. The van der Waals surface area contributed by atoms with Crippen molar-refractivity contribution in [3.05, 3.63) is 0 Å². The van der Waals surface area contributed by atoms with Crippen molar-refractivity contribution >= 4 is 11.8 Å². The first kappa shape index (κ1) is 16.0. The van der Waals surface area contributed by atoms with Gasteiger partial charge in [0.25, 0.3) is 0 Å². The van der Waals surface area contributed by atoms with Crippen LogP contribution in [0.2, 0.25) is 0 Å². The van der Waals surface area contributed by atoms with E-state index in [2.05, 4.69) is 6.92 Å². The number of carbonyl (C=O) groups excluding carboxylic acids is 2. The Balaban J connectivity index is 2.23. The highest BCUT2D eigenvalue weighted by atomic mass is 16.2. The topological polar surface area (TPSA) is 89.4 Å². The summed E-state index contributed by atoms with van der Waals surface area (Å²) in [6, 6.07) is 0. The monoisotopic (exact) mass is 269 g/mol. The average Bonchev–Trinajstić information content (AvgIpc) is 2.36. The molecule has 5 heteroatoms. The highest BCUT2D eigenvalue weighted by Crippen LogP contribution is 2.21. The van der Waals surface area contributed by atoms with Crippen LogP contribution in [0.25, 0.3) is 0 Å². The van der Waals surface area contributed by atoms with E-state index in [1.165, 1.54) is 0 Å². The molecule has 1 fully saturated rings. The van der Waals surface area contributed by atoms with Gasteiger partial charge in [-0.05, 0) is 44.1 Å². The second kappa shape index (κ2) is 8.15. The number of primary amides is 1. The standard InChI is InChI=1S/C14H27N3O2/c1-11(4-7-15)2-3-14(19)17-8-5-12(6-9-17)10-13(16)18/h11-12H,2-10,15H2,1H3,(H2,16,18). The molecule has 1 aliphatic rings. The molecule has 0 aromatic carbocycles. The van der Waals surface area contributed by atoms with Gasteiger partial charge in [-0.25, -0.2) is 0 Å². The van der Waals surface area contributed by atoms with E-state index < -0.39 is 0 Å². The number of nitrogens with two attached hydrogens (primary N) is 2. The summed E-state index contributed by atoms with van der Waals surface area (Å²) in [5.74, 6) is 0.876. The minimum Gasteiger partial charge on any atom is -0.370 e. The highest BCUT2D eigenvalue weighted by molar-refractivity contribution is 5.76. The lowest BCUT2D eigenvalue weighted by molar-refractivity contribution is -0.133. The second-order valence-corrected chi connectivity index (χ2v) is 5.72. The van der Waals surface area contributed by atoms with Crippen LogP contribution in [0.1, 0.15) is 45.4 Å². The van der Waals surface area contributed by atoms with Crippen molar-refractivity contribution in [3.8, 4) is 0 Å². The summed E-state index contributed by atoms with van der Waals surface area (Å²) in [6.07, 6.45) is 4.75. The molecule has 1 rings (SSSR count). The summed E-state index contributed by atoms with van der Waals surface area (Å²) in [7, 11) is 0. The number of piperidine rings is 1. The summed E-state index contributed by atoms with van der Waals surface area (Å²) in [4.78, 5) is 24.8. The van der Waals surface area contributed by atoms with Gasteiger partial charge in [-0.2, -0.15) is 0 Å². The second-order valence-electron chi connectivity index (χ2n) is 5.72. The van der Waals surface area contributed by atoms with Crippen LogP contribution >= 0.6 is 0 Å². The Labute approximate surface area is 115 Å². The van der Waals surface area contributed by atoms with Gasteiger partial charge in [-0.15, -0.1) is 0 Å². The van der Waals surface area contributed by atoms with Crippen molar-refractivity contribution in [3.63, 3.8) is 0 Å². The van der Waals surface area contributed by atoms with E-state index >= 15 is 0 Å². The molecule has 1 heterocycles. The number of hydrogen-bond donors (Lipinski definition) is 2. The van der Waals surface area contributed by atoms with Crippen molar-refractivity contribution in [2.75, 3.05) is 19.6 Å². The molecule has 0 aromatic rings. The number of carbonyl (C=O) groups is 2. The quantitative estimate of drug-likeness (QED) is 0.718. The predicted molar refractivity (Wildman–Crippen MR) is 75.2 cm³/mol. The van der Waals surface area contributed by atoms with Crippen LogP contribution in [-0.2, 0) is 9.59 Å². The zero-order chi connectivity index (χ0) is 14.3. The van der Waals surface area contributed by atoms with Gasteiger partial charge in [0.2, 0.25) is 11.8 Å². The van der Waals surface area contributed by atoms with Crippen LogP contribution in [0.15, 0.2) is 0 Å². The molecule has 0 radical (unpaired) electrons. The fourth-order valence-corrected chi connectivity index (χ4v) is 2.63. The lowest BCUT2D eigenvalue weighted by Crippen LogP contribution is -2.39. The maximum absolute atomic E-state index is 12.0. The van der Waals surface area contributed by atoms with E-state index in [0.717, 1.165) is 38.8 Å². The molecule has 0 bridgehead atoms.